The van der Waals surface area contributed by atoms with Crippen LogP contribution >= 0.6 is 0 Å². The van der Waals surface area contributed by atoms with Crippen LogP contribution in [-0.2, 0) is 0 Å². The average molecular weight is 271 g/mol. The number of hydrogen-bond donors (Lipinski definition) is 2. The largest absolute Gasteiger partial charge is 0.448 e. The Bertz CT molecular complexity index is 799. The van der Waals surface area contributed by atoms with Crippen LogP contribution in [0.2, 0.25) is 0 Å². The molecule has 100 valence electrons. The van der Waals surface area contributed by atoms with Crippen LogP contribution < -0.4 is 10.5 Å². The van der Waals surface area contributed by atoms with E-state index in [0.717, 1.165) is 0 Å². The first-order valence-corrected chi connectivity index (χ1v) is 5.66. The minimum Gasteiger partial charge on any atom is -0.448 e. The lowest BCUT2D eigenvalue weighted by molar-refractivity contribution is -0.385. The van der Waals surface area contributed by atoms with Crippen LogP contribution in [0.1, 0.15) is 0 Å². The third-order valence-electron chi connectivity index (χ3n) is 2.62. The number of imidazole rings is 1. The topological polar surface area (TPSA) is 120 Å². The summed E-state index contributed by atoms with van der Waals surface area (Å²) >= 11 is 0. The van der Waals surface area contributed by atoms with Crippen LogP contribution in [0.25, 0.3) is 11.2 Å². The van der Waals surface area contributed by atoms with Crippen LogP contribution in [0.5, 0.6) is 11.5 Å². The van der Waals surface area contributed by atoms with Crippen molar-refractivity contribution in [2.45, 2.75) is 0 Å². The second-order valence-corrected chi connectivity index (χ2v) is 3.99. The fourth-order valence-corrected chi connectivity index (χ4v) is 1.78. The SMILES string of the molecule is Nc1nc2ncc(Oc3ccccc3[N+](=O)[O-])cc2[nH]1. The van der Waals surface area contributed by atoms with E-state index in [1.165, 1.54) is 18.3 Å². The van der Waals surface area contributed by atoms with Gasteiger partial charge < -0.3 is 15.5 Å². The first-order valence-electron chi connectivity index (χ1n) is 5.66. The van der Waals surface area contributed by atoms with Gasteiger partial charge in [0.25, 0.3) is 0 Å². The highest BCUT2D eigenvalue weighted by Crippen LogP contribution is 2.31. The van der Waals surface area contributed by atoms with Gasteiger partial charge in [-0.05, 0) is 6.07 Å². The Morgan fingerprint density at radius 2 is 2.15 bits per heavy atom. The number of aromatic amines is 1. The molecule has 0 spiro atoms. The molecule has 0 atom stereocenters. The molecule has 0 aliphatic rings. The number of nitrogens with one attached hydrogen (secondary N) is 1. The molecule has 20 heavy (non-hydrogen) atoms. The van der Waals surface area contributed by atoms with Crippen molar-refractivity contribution in [2.75, 3.05) is 5.73 Å². The Morgan fingerprint density at radius 3 is 2.95 bits per heavy atom. The Kier molecular flexibility index (Phi) is 2.68. The molecule has 0 saturated carbocycles. The van der Waals surface area contributed by atoms with Crippen molar-refractivity contribution in [3.05, 3.63) is 46.6 Å². The van der Waals surface area contributed by atoms with E-state index < -0.39 is 4.92 Å². The number of para-hydroxylation sites is 2. The normalized spacial score (nSPS) is 10.6. The maximum atomic E-state index is 10.9. The molecular formula is C12H9N5O3. The predicted octanol–water partition coefficient (Wildman–Crippen LogP) is 2.24. The number of benzene rings is 1. The summed E-state index contributed by atoms with van der Waals surface area (Å²) in [6, 6.07) is 7.74. The fourth-order valence-electron chi connectivity index (χ4n) is 1.78. The van der Waals surface area contributed by atoms with Crippen molar-refractivity contribution in [1.82, 2.24) is 15.0 Å². The van der Waals surface area contributed by atoms with Crippen LogP contribution in [0.3, 0.4) is 0 Å². The molecular weight excluding hydrogens is 262 g/mol. The summed E-state index contributed by atoms with van der Waals surface area (Å²) in [6.45, 7) is 0. The number of aromatic nitrogens is 3. The van der Waals surface area contributed by atoms with Crippen LogP contribution in [0.15, 0.2) is 36.5 Å². The molecule has 0 fully saturated rings. The van der Waals surface area contributed by atoms with Gasteiger partial charge in [-0.2, -0.15) is 4.98 Å². The van der Waals surface area contributed by atoms with Gasteiger partial charge in [0, 0.05) is 12.1 Å². The zero-order valence-corrected chi connectivity index (χ0v) is 10.1. The van der Waals surface area contributed by atoms with Crippen molar-refractivity contribution in [3.8, 4) is 11.5 Å². The lowest BCUT2D eigenvalue weighted by Crippen LogP contribution is -1.93. The van der Waals surface area contributed by atoms with E-state index in [1.54, 1.807) is 18.2 Å². The third kappa shape index (κ3) is 2.09. The molecule has 2 heterocycles. The highest BCUT2D eigenvalue weighted by atomic mass is 16.6. The number of rotatable bonds is 3. The van der Waals surface area contributed by atoms with E-state index in [4.69, 9.17) is 10.5 Å². The second-order valence-electron chi connectivity index (χ2n) is 3.99. The number of nitrogens with two attached hydrogens (primary N) is 1. The monoisotopic (exact) mass is 271 g/mol. The van der Waals surface area contributed by atoms with Crippen LogP contribution in [0.4, 0.5) is 11.6 Å². The third-order valence-corrected chi connectivity index (χ3v) is 2.62. The summed E-state index contributed by atoms with van der Waals surface area (Å²) in [5.41, 5.74) is 6.46. The molecule has 0 radical (unpaired) electrons. The zero-order valence-electron chi connectivity index (χ0n) is 10.1. The first kappa shape index (κ1) is 11.9. The van der Waals surface area contributed by atoms with Crippen molar-refractivity contribution in [3.63, 3.8) is 0 Å². The van der Waals surface area contributed by atoms with Gasteiger partial charge in [0.15, 0.2) is 11.6 Å². The van der Waals surface area contributed by atoms with Gasteiger partial charge in [0.05, 0.1) is 16.6 Å². The van der Waals surface area contributed by atoms with Crippen molar-refractivity contribution < 1.29 is 9.66 Å². The van der Waals surface area contributed by atoms with Gasteiger partial charge >= 0.3 is 5.69 Å². The van der Waals surface area contributed by atoms with Gasteiger partial charge in [0.2, 0.25) is 5.75 Å². The Morgan fingerprint density at radius 1 is 1.35 bits per heavy atom. The Hall–Kier alpha value is -3.16. The number of anilines is 1. The predicted molar refractivity (Wildman–Crippen MR) is 71.5 cm³/mol. The van der Waals surface area contributed by atoms with E-state index in [1.807, 2.05) is 0 Å². The van der Waals surface area contributed by atoms with Crippen LogP contribution in [0, 0.1) is 10.1 Å². The van der Waals surface area contributed by atoms with Gasteiger partial charge in [-0.3, -0.25) is 10.1 Å². The molecule has 8 nitrogen and oxygen atoms in total. The van der Waals surface area contributed by atoms with Crippen LogP contribution in [-0.4, -0.2) is 19.9 Å². The molecule has 2 aromatic heterocycles. The molecule has 0 amide bonds. The number of nitrogens with zero attached hydrogens (tertiary/aromatic N) is 3. The maximum absolute atomic E-state index is 10.9. The summed E-state index contributed by atoms with van der Waals surface area (Å²) in [5.74, 6) is 0.747. The Labute approximate surface area is 112 Å². The average Bonchev–Trinajstić information content (AvgIpc) is 2.78. The molecule has 3 N–H and O–H groups in total. The standard InChI is InChI=1S/C12H9N5O3/c13-12-15-8-5-7(6-14-11(8)16-12)20-10-4-2-1-3-9(10)17(18)19/h1-6H,(H3,13,14,15,16). The van der Waals surface area contributed by atoms with E-state index in [9.17, 15) is 10.1 Å². The molecule has 3 aromatic rings. The quantitative estimate of drug-likeness (QED) is 0.556. The lowest BCUT2D eigenvalue weighted by atomic mass is 10.3. The number of H-pyrrole nitrogens is 1. The van der Waals surface area contributed by atoms with Gasteiger partial charge in [-0.1, -0.05) is 12.1 Å². The van der Waals surface area contributed by atoms with Crippen molar-refractivity contribution >= 4 is 22.8 Å². The number of hydrogen-bond acceptors (Lipinski definition) is 6. The number of nitrogen functional groups attached to an aromatic ring is 1. The summed E-state index contributed by atoms with van der Waals surface area (Å²) < 4.78 is 5.50. The first-order chi connectivity index (χ1) is 9.63. The minimum absolute atomic E-state index is 0.114. The number of fused-ring (bicyclic) bond motifs is 1. The van der Waals surface area contributed by atoms with Gasteiger partial charge in [-0.25, -0.2) is 4.98 Å². The molecule has 0 aliphatic carbocycles. The summed E-state index contributed by atoms with van der Waals surface area (Å²) in [4.78, 5) is 21.2. The minimum atomic E-state index is -0.504. The molecule has 8 heteroatoms. The van der Waals surface area contributed by atoms with Gasteiger partial charge in [0.1, 0.15) is 5.75 Å². The fraction of sp³-hybridized carbons (Fsp3) is 0. The molecule has 0 saturated heterocycles. The van der Waals surface area contributed by atoms with E-state index in [2.05, 4.69) is 15.0 Å². The molecule has 0 unspecified atom stereocenters. The molecule has 3 rings (SSSR count). The molecule has 0 bridgehead atoms. The lowest BCUT2D eigenvalue weighted by Gasteiger charge is -2.05. The molecule has 1 aromatic carbocycles. The highest BCUT2D eigenvalue weighted by molar-refractivity contribution is 5.74. The van der Waals surface area contributed by atoms with Gasteiger partial charge in [-0.15, -0.1) is 0 Å². The summed E-state index contributed by atoms with van der Waals surface area (Å²) in [7, 11) is 0. The highest BCUT2D eigenvalue weighted by Gasteiger charge is 2.15. The summed E-state index contributed by atoms with van der Waals surface area (Å²) in [6.07, 6.45) is 1.43. The smallest absolute Gasteiger partial charge is 0.311 e. The number of ether oxygens (including phenoxy) is 1. The zero-order chi connectivity index (χ0) is 14.1. The maximum Gasteiger partial charge on any atom is 0.311 e. The van der Waals surface area contributed by atoms with E-state index in [-0.39, 0.29) is 17.4 Å². The number of pyridine rings is 1. The van der Waals surface area contributed by atoms with Crippen molar-refractivity contribution in [1.29, 1.82) is 0 Å². The summed E-state index contributed by atoms with van der Waals surface area (Å²) in [5, 5.41) is 10.9. The number of nitro benzene ring substituents is 1. The second kappa shape index (κ2) is 4.50. The number of nitro groups is 1. The van der Waals surface area contributed by atoms with E-state index >= 15 is 0 Å². The Balaban J connectivity index is 1.98. The van der Waals surface area contributed by atoms with E-state index in [0.29, 0.717) is 16.9 Å². The van der Waals surface area contributed by atoms with Crippen molar-refractivity contribution in [2.24, 2.45) is 0 Å². The molecule has 0 aliphatic heterocycles.